The molecule has 1 aliphatic carbocycles. The molecule has 1 aromatic heterocycles. The van der Waals surface area contributed by atoms with Gasteiger partial charge in [-0.3, -0.25) is 14.3 Å². The molecule has 1 saturated carbocycles. The zero-order valence-corrected chi connectivity index (χ0v) is 16.9. The fourth-order valence-corrected chi connectivity index (χ4v) is 3.95. The summed E-state index contributed by atoms with van der Waals surface area (Å²) in [5, 5.41) is 16.7. The summed E-state index contributed by atoms with van der Waals surface area (Å²) in [7, 11) is 0. The lowest BCUT2D eigenvalue weighted by atomic mass is 9.74. The second-order valence-corrected chi connectivity index (χ2v) is 8.05. The molecule has 150 valence electrons. The van der Waals surface area contributed by atoms with Crippen molar-refractivity contribution in [2.75, 3.05) is 0 Å². The van der Waals surface area contributed by atoms with Crippen LogP contribution in [0.3, 0.4) is 0 Å². The summed E-state index contributed by atoms with van der Waals surface area (Å²) in [6, 6.07) is 8.41. The van der Waals surface area contributed by atoms with Crippen molar-refractivity contribution in [1.82, 2.24) is 15.1 Å². The van der Waals surface area contributed by atoms with Crippen molar-refractivity contribution >= 4 is 11.9 Å². The van der Waals surface area contributed by atoms with Crippen LogP contribution in [0.1, 0.15) is 60.2 Å². The molecule has 1 aliphatic rings. The first-order chi connectivity index (χ1) is 13.3. The Kier molecular flexibility index (Phi) is 5.87. The van der Waals surface area contributed by atoms with Crippen LogP contribution >= 0.6 is 0 Å². The average molecular weight is 383 g/mol. The summed E-state index contributed by atoms with van der Waals surface area (Å²) in [5.41, 5.74) is 5.01. The van der Waals surface area contributed by atoms with Crippen LogP contribution in [-0.4, -0.2) is 32.3 Å². The van der Waals surface area contributed by atoms with Gasteiger partial charge in [0, 0.05) is 12.1 Å². The number of rotatable bonds is 8. The fourth-order valence-electron chi connectivity index (χ4n) is 3.95. The van der Waals surface area contributed by atoms with Gasteiger partial charge in [-0.2, -0.15) is 5.10 Å². The third-order valence-corrected chi connectivity index (χ3v) is 5.79. The predicted molar refractivity (Wildman–Crippen MR) is 107 cm³/mol. The van der Waals surface area contributed by atoms with Gasteiger partial charge < -0.3 is 10.4 Å². The first kappa shape index (κ1) is 20.1. The molecule has 2 aromatic rings. The molecule has 3 rings (SSSR count). The molecule has 1 amide bonds. The molecule has 0 bridgehead atoms. The lowest BCUT2D eigenvalue weighted by molar-refractivity contribution is -0.140. The van der Waals surface area contributed by atoms with Crippen molar-refractivity contribution in [1.29, 1.82) is 0 Å². The average Bonchev–Trinajstić information content (AvgIpc) is 2.86. The minimum Gasteiger partial charge on any atom is -0.481 e. The van der Waals surface area contributed by atoms with Crippen LogP contribution in [0.15, 0.2) is 24.3 Å². The third kappa shape index (κ3) is 4.61. The van der Waals surface area contributed by atoms with Gasteiger partial charge >= 0.3 is 5.97 Å². The van der Waals surface area contributed by atoms with Crippen molar-refractivity contribution < 1.29 is 14.7 Å². The van der Waals surface area contributed by atoms with Crippen LogP contribution in [-0.2, 0) is 22.6 Å². The van der Waals surface area contributed by atoms with Crippen LogP contribution < -0.4 is 5.32 Å². The smallest absolute Gasteiger partial charge is 0.305 e. The molecule has 0 atom stereocenters. The van der Waals surface area contributed by atoms with Gasteiger partial charge in [0.25, 0.3) is 0 Å². The molecular formula is C22H29N3O3. The molecule has 0 aliphatic heterocycles. The zero-order valence-electron chi connectivity index (χ0n) is 16.9. The Morgan fingerprint density at radius 3 is 2.43 bits per heavy atom. The Bertz CT molecular complexity index is 864. The number of hydrogen-bond acceptors (Lipinski definition) is 3. The van der Waals surface area contributed by atoms with E-state index in [1.807, 2.05) is 18.5 Å². The number of aliphatic carboxylic acids is 1. The van der Waals surface area contributed by atoms with Gasteiger partial charge in [-0.05, 0) is 57.6 Å². The van der Waals surface area contributed by atoms with Crippen molar-refractivity contribution in [3.05, 3.63) is 52.3 Å². The normalized spacial score (nSPS) is 15.1. The minimum atomic E-state index is -0.857. The molecule has 0 unspecified atom stereocenters. The van der Waals surface area contributed by atoms with Crippen LogP contribution in [0.2, 0.25) is 0 Å². The number of hydrogen-bond donors (Lipinski definition) is 2. The number of nitrogens with zero attached hydrogens (tertiary/aromatic N) is 2. The van der Waals surface area contributed by atoms with E-state index in [1.54, 1.807) is 0 Å². The summed E-state index contributed by atoms with van der Waals surface area (Å²) in [6.45, 7) is 6.80. The lowest BCUT2D eigenvalue weighted by Crippen LogP contribution is -2.54. The molecule has 2 N–H and O–H groups in total. The van der Waals surface area contributed by atoms with E-state index in [1.165, 1.54) is 11.1 Å². The molecule has 0 spiro atoms. The monoisotopic (exact) mass is 383 g/mol. The minimum absolute atomic E-state index is 0.00524. The predicted octanol–water partition coefficient (Wildman–Crippen LogP) is 3.30. The van der Waals surface area contributed by atoms with Crippen molar-refractivity contribution in [3.63, 3.8) is 0 Å². The fraction of sp³-hybridized carbons (Fsp3) is 0.500. The topological polar surface area (TPSA) is 84.2 Å². The molecule has 0 saturated heterocycles. The van der Waals surface area contributed by atoms with Crippen molar-refractivity contribution in [2.24, 2.45) is 0 Å². The van der Waals surface area contributed by atoms with Gasteiger partial charge in [0.2, 0.25) is 5.91 Å². The molecule has 6 heteroatoms. The second kappa shape index (κ2) is 8.17. The number of carboxylic acid groups (broad SMARTS) is 1. The number of amides is 1. The largest absolute Gasteiger partial charge is 0.481 e. The van der Waals surface area contributed by atoms with E-state index >= 15 is 0 Å². The Balaban J connectivity index is 1.61. The number of nitrogens with one attached hydrogen (secondary N) is 1. The Morgan fingerprint density at radius 1 is 1.18 bits per heavy atom. The van der Waals surface area contributed by atoms with Crippen molar-refractivity contribution in [2.45, 2.75) is 71.4 Å². The van der Waals surface area contributed by atoms with E-state index in [4.69, 9.17) is 5.11 Å². The van der Waals surface area contributed by atoms with E-state index in [9.17, 15) is 9.59 Å². The number of carboxylic acids is 1. The quantitative estimate of drug-likeness (QED) is 0.732. The van der Waals surface area contributed by atoms with Gasteiger partial charge in [0.05, 0.1) is 24.2 Å². The molecule has 1 aromatic carbocycles. The van der Waals surface area contributed by atoms with Gasteiger partial charge in [-0.1, -0.05) is 29.8 Å². The highest BCUT2D eigenvalue weighted by molar-refractivity contribution is 5.79. The maximum atomic E-state index is 12.4. The second-order valence-electron chi connectivity index (χ2n) is 8.05. The summed E-state index contributed by atoms with van der Waals surface area (Å²) in [4.78, 5) is 23.5. The van der Waals surface area contributed by atoms with E-state index in [-0.39, 0.29) is 12.3 Å². The third-order valence-electron chi connectivity index (χ3n) is 5.79. The van der Waals surface area contributed by atoms with E-state index in [2.05, 4.69) is 41.6 Å². The number of benzene rings is 1. The lowest BCUT2D eigenvalue weighted by Gasteiger charge is -2.41. The van der Waals surface area contributed by atoms with Crippen LogP contribution in [0.5, 0.6) is 0 Å². The number of aromatic nitrogens is 2. The molecule has 1 heterocycles. The zero-order chi connectivity index (χ0) is 20.3. The first-order valence-electron chi connectivity index (χ1n) is 9.89. The van der Waals surface area contributed by atoms with E-state index in [0.29, 0.717) is 19.4 Å². The van der Waals surface area contributed by atoms with E-state index < -0.39 is 11.5 Å². The van der Waals surface area contributed by atoms with Crippen molar-refractivity contribution in [3.8, 4) is 0 Å². The number of aryl methyl sites for hydroxylation is 2. The van der Waals surface area contributed by atoms with Gasteiger partial charge in [-0.15, -0.1) is 0 Å². The summed E-state index contributed by atoms with van der Waals surface area (Å²) < 4.78 is 1.99. The molecule has 28 heavy (non-hydrogen) atoms. The maximum Gasteiger partial charge on any atom is 0.305 e. The summed E-state index contributed by atoms with van der Waals surface area (Å²) in [6.07, 6.45) is 3.43. The highest BCUT2D eigenvalue weighted by Crippen LogP contribution is 2.35. The maximum absolute atomic E-state index is 12.4. The van der Waals surface area contributed by atoms with Gasteiger partial charge in [0.15, 0.2) is 0 Å². The number of carbonyl (C=O) groups excluding carboxylic acids is 1. The first-order valence-corrected chi connectivity index (χ1v) is 9.89. The summed E-state index contributed by atoms with van der Waals surface area (Å²) >= 11 is 0. The number of carbonyl (C=O) groups is 2. The van der Waals surface area contributed by atoms with Gasteiger partial charge in [0.1, 0.15) is 0 Å². The molecular weight excluding hydrogens is 354 g/mol. The highest BCUT2D eigenvalue weighted by Gasteiger charge is 2.40. The molecule has 0 radical (unpaired) electrons. The summed E-state index contributed by atoms with van der Waals surface area (Å²) in [5.74, 6) is -0.935. The Labute approximate surface area is 166 Å². The standard InChI is InChI=1S/C22H29N3O3/c1-15-5-7-18(8-6-15)14-25-17(3)19(16(2)24-25)9-10-20(26)23-22(11-4-12-22)13-21(27)28/h5-8H,4,9-14H2,1-3H3,(H,23,26)(H,27,28). The van der Waals surface area contributed by atoms with E-state index in [0.717, 1.165) is 36.2 Å². The molecule has 6 nitrogen and oxygen atoms in total. The van der Waals surface area contributed by atoms with Gasteiger partial charge in [-0.25, -0.2) is 0 Å². The Morgan fingerprint density at radius 2 is 1.86 bits per heavy atom. The molecule has 1 fully saturated rings. The van der Waals surface area contributed by atoms with Crippen LogP contribution in [0.25, 0.3) is 0 Å². The Hall–Kier alpha value is -2.63. The van der Waals surface area contributed by atoms with Crippen LogP contribution in [0.4, 0.5) is 0 Å². The van der Waals surface area contributed by atoms with Crippen LogP contribution in [0, 0.1) is 20.8 Å². The SMILES string of the molecule is Cc1ccc(Cn2nc(C)c(CCC(=O)NC3(CC(=O)O)CCC3)c2C)cc1. The highest BCUT2D eigenvalue weighted by atomic mass is 16.4.